The number of nitrogens with one attached hydrogen (secondary N) is 1. The highest BCUT2D eigenvalue weighted by Gasteiger charge is 2.20. The molecule has 94 valence electrons. The zero-order valence-electron chi connectivity index (χ0n) is 10.2. The third-order valence-electron chi connectivity index (χ3n) is 3.57. The van der Waals surface area contributed by atoms with Crippen molar-refractivity contribution in [1.29, 1.82) is 0 Å². The van der Waals surface area contributed by atoms with Crippen LogP contribution in [-0.4, -0.2) is 6.54 Å². The van der Waals surface area contributed by atoms with Gasteiger partial charge in [0.2, 0.25) is 0 Å². The maximum Gasteiger partial charge on any atom is 0.0417 e. The molecule has 2 unspecified atom stereocenters. The molecule has 0 saturated heterocycles. The fourth-order valence-electron chi connectivity index (χ4n) is 2.59. The molecule has 2 rings (SSSR count). The van der Waals surface area contributed by atoms with Crippen LogP contribution in [0.25, 0.3) is 0 Å². The topological polar surface area (TPSA) is 12.0 Å². The van der Waals surface area contributed by atoms with E-state index in [1.165, 1.54) is 24.8 Å². The van der Waals surface area contributed by atoms with Crippen LogP contribution in [-0.2, 0) is 6.54 Å². The van der Waals surface area contributed by atoms with Crippen molar-refractivity contribution in [1.82, 2.24) is 5.32 Å². The largest absolute Gasteiger partial charge is 0.312 e. The van der Waals surface area contributed by atoms with Gasteiger partial charge in [-0.1, -0.05) is 46.9 Å². The highest BCUT2D eigenvalue weighted by molar-refractivity contribution is 9.10. The second-order valence-corrected chi connectivity index (χ2v) is 6.44. The lowest BCUT2D eigenvalue weighted by Gasteiger charge is -2.12. The SMILES string of the molecule is CC1CCC(CNCc2ccc(Cl)cc2Br)C1. The minimum atomic E-state index is 0.783. The molecule has 0 bridgehead atoms. The van der Waals surface area contributed by atoms with E-state index in [0.717, 1.165) is 34.4 Å². The summed E-state index contributed by atoms with van der Waals surface area (Å²) in [6.07, 6.45) is 4.17. The van der Waals surface area contributed by atoms with Crippen LogP contribution >= 0.6 is 27.5 Å². The van der Waals surface area contributed by atoms with Gasteiger partial charge in [0.25, 0.3) is 0 Å². The van der Waals surface area contributed by atoms with Gasteiger partial charge in [-0.05, 0) is 48.9 Å². The molecule has 0 heterocycles. The Labute approximate surface area is 117 Å². The molecule has 1 aliphatic rings. The summed E-state index contributed by atoms with van der Waals surface area (Å²) in [5.41, 5.74) is 1.28. The van der Waals surface area contributed by atoms with E-state index in [0.29, 0.717) is 0 Å². The predicted molar refractivity (Wildman–Crippen MR) is 77.4 cm³/mol. The quantitative estimate of drug-likeness (QED) is 0.854. The first kappa shape index (κ1) is 13.4. The fraction of sp³-hybridized carbons (Fsp3) is 0.571. The lowest BCUT2D eigenvalue weighted by Crippen LogP contribution is -2.21. The summed E-state index contributed by atoms with van der Waals surface area (Å²) in [5.74, 6) is 1.79. The standard InChI is InChI=1S/C14H19BrClN/c1-10-2-3-11(6-10)8-17-9-12-4-5-13(16)7-14(12)15/h4-5,7,10-11,17H,2-3,6,8-9H2,1H3. The van der Waals surface area contributed by atoms with E-state index >= 15 is 0 Å². The van der Waals surface area contributed by atoms with Crippen molar-refractivity contribution in [2.75, 3.05) is 6.54 Å². The Morgan fingerprint density at radius 3 is 2.88 bits per heavy atom. The van der Waals surface area contributed by atoms with E-state index in [1.54, 1.807) is 0 Å². The summed E-state index contributed by atoms with van der Waals surface area (Å²) in [7, 11) is 0. The number of hydrogen-bond acceptors (Lipinski definition) is 1. The molecule has 1 aliphatic carbocycles. The number of hydrogen-bond donors (Lipinski definition) is 1. The van der Waals surface area contributed by atoms with Crippen molar-refractivity contribution < 1.29 is 0 Å². The summed E-state index contributed by atoms with van der Waals surface area (Å²) in [4.78, 5) is 0. The van der Waals surface area contributed by atoms with Crippen LogP contribution in [0, 0.1) is 11.8 Å². The van der Waals surface area contributed by atoms with Gasteiger partial charge in [0, 0.05) is 16.0 Å². The van der Waals surface area contributed by atoms with Crippen LogP contribution in [0.15, 0.2) is 22.7 Å². The van der Waals surface area contributed by atoms with Crippen molar-refractivity contribution in [3.63, 3.8) is 0 Å². The Bertz CT molecular complexity index is 380. The van der Waals surface area contributed by atoms with Crippen molar-refractivity contribution in [3.8, 4) is 0 Å². The molecule has 1 fully saturated rings. The highest BCUT2D eigenvalue weighted by atomic mass is 79.9. The van der Waals surface area contributed by atoms with Gasteiger partial charge in [-0.25, -0.2) is 0 Å². The van der Waals surface area contributed by atoms with E-state index in [9.17, 15) is 0 Å². The summed E-state index contributed by atoms with van der Waals surface area (Å²) >= 11 is 9.47. The van der Waals surface area contributed by atoms with E-state index in [-0.39, 0.29) is 0 Å². The van der Waals surface area contributed by atoms with Crippen molar-refractivity contribution >= 4 is 27.5 Å². The maximum absolute atomic E-state index is 5.92. The third-order valence-corrected chi connectivity index (χ3v) is 4.54. The van der Waals surface area contributed by atoms with Gasteiger partial charge in [-0.3, -0.25) is 0 Å². The summed E-state index contributed by atoms with van der Waals surface area (Å²) in [5, 5.41) is 4.33. The average Bonchev–Trinajstić information content (AvgIpc) is 2.68. The molecule has 1 N–H and O–H groups in total. The zero-order valence-corrected chi connectivity index (χ0v) is 12.5. The Balaban J connectivity index is 1.78. The average molecular weight is 317 g/mol. The number of rotatable bonds is 4. The fourth-order valence-corrected chi connectivity index (χ4v) is 3.41. The Kier molecular flexibility index (Phi) is 4.89. The molecular weight excluding hydrogens is 298 g/mol. The monoisotopic (exact) mass is 315 g/mol. The molecule has 1 nitrogen and oxygen atoms in total. The van der Waals surface area contributed by atoms with E-state index in [4.69, 9.17) is 11.6 Å². The van der Waals surface area contributed by atoms with Crippen LogP contribution in [0.2, 0.25) is 5.02 Å². The van der Waals surface area contributed by atoms with Gasteiger partial charge in [-0.15, -0.1) is 0 Å². The molecule has 3 heteroatoms. The molecule has 0 aliphatic heterocycles. The van der Waals surface area contributed by atoms with E-state index < -0.39 is 0 Å². The molecule has 2 atom stereocenters. The van der Waals surface area contributed by atoms with Gasteiger partial charge in [0.05, 0.1) is 0 Å². The predicted octanol–water partition coefficient (Wildman–Crippen LogP) is 4.63. The van der Waals surface area contributed by atoms with Crippen LogP contribution in [0.5, 0.6) is 0 Å². The Morgan fingerprint density at radius 2 is 2.24 bits per heavy atom. The summed E-state index contributed by atoms with van der Waals surface area (Å²) < 4.78 is 1.09. The van der Waals surface area contributed by atoms with Crippen LogP contribution in [0.4, 0.5) is 0 Å². The van der Waals surface area contributed by atoms with Gasteiger partial charge in [0.15, 0.2) is 0 Å². The first-order valence-corrected chi connectivity index (χ1v) is 7.47. The van der Waals surface area contributed by atoms with Gasteiger partial charge < -0.3 is 5.32 Å². The summed E-state index contributed by atoms with van der Waals surface area (Å²) in [6, 6.07) is 5.98. The lowest BCUT2D eigenvalue weighted by molar-refractivity contribution is 0.470. The highest BCUT2D eigenvalue weighted by Crippen LogP contribution is 2.29. The van der Waals surface area contributed by atoms with Crippen molar-refractivity contribution in [3.05, 3.63) is 33.3 Å². The van der Waals surface area contributed by atoms with Crippen LogP contribution in [0.3, 0.4) is 0 Å². The molecule has 1 aromatic carbocycles. The van der Waals surface area contributed by atoms with E-state index in [1.807, 2.05) is 12.1 Å². The molecule has 0 aromatic heterocycles. The first-order valence-electron chi connectivity index (χ1n) is 6.30. The van der Waals surface area contributed by atoms with Crippen LogP contribution in [0.1, 0.15) is 31.7 Å². The van der Waals surface area contributed by atoms with Crippen molar-refractivity contribution in [2.45, 2.75) is 32.7 Å². The van der Waals surface area contributed by atoms with Crippen LogP contribution < -0.4 is 5.32 Å². The molecular formula is C14H19BrClN. The molecule has 0 amide bonds. The second kappa shape index (κ2) is 6.21. The van der Waals surface area contributed by atoms with Crippen molar-refractivity contribution in [2.24, 2.45) is 11.8 Å². The zero-order chi connectivity index (χ0) is 12.3. The molecule has 0 spiro atoms. The normalized spacial score (nSPS) is 24.2. The second-order valence-electron chi connectivity index (χ2n) is 5.15. The molecule has 17 heavy (non-hydrogen) atoms. The molecule has 0 radical (unpaired) electrons. The minimum absolute atomic E-state index is 0.783. The van der Waals surface area contributed by atoms with Gasteiger partial charge in [-0.2, -0.15) is 0 Å². The Hall–Kier alpha value is -0.0500. The third kappa shape index (κ3) is 3.97. The Morgan fingerprint density at radius 1 is 1.41 bits per heavy atom. The minimum Gasteiger partial charge on any atom is -0.312 e. The summed E-state index contributed by atoms with van der Waals surface area (Å²) in [6.45, 7) is 4.41. The molecule has 1 aromatic rings. The number of halogens is 2. The maximum atomic E-state index is 5.92. The van der Waals surface area contributed by atoms with Gasteiger partial charge >= 0.3 is 0 Å². The first-order chi connectivity index (χ1) is 8.15. The van der Waals surface area contributed by atoms with E-state index in [2.05, 4.69) is 34.2 Å². The lowest BCUT2D eigenvalue weighted by atomic mass is 10.1. The smallest absolute Gasteiger partial charge is 0.0417 e. The molecule has 1 saturated carbocycles. The number of benzene rings is 1. The van der Waals surface area contributed by atoms with Gasteiger partial charge in [0.1, 0.15) is 0 Å².